The molecule has 0 aliphatic carbocycles. The van der Waals surface area contributed by atoms with Crippen molar-refractivity contribution in [3.05, 3.63) is 30.1 Å². The fourth-order valence-electron chi connectivity index (χ4n) is 1.72. The number of rotatable bonds is 7. The van der Waals surface area contributed by atoms with Crippen molar-refractivity contribution in [2.75, 3.05) is 12.3 Å². The van der Waals surface area contributed by atoms with Crippen LogP contribution in [0.5, 0.6) is 0 Å². The number of sulfone groups is 1. The summed E-state index contributed by atoms with van der Waals surface area (Å²) in [6.45, 7) is 4.71. The molecule has 0 fully saturated rings. The van der Waals surface area contributed by atoms with Gasteiger partial charge < -0.3 is 5.32 Å². The van der Waals surface area contributed by atoms with Crippen molar-refractivity contribution in [1.82, 2.24) is 5.32 Å². The normalized spacial score (nSPS) is 13.5. The summed E-state index contributed by atoms with van der Waals surface area (Å²) in [5, 5.41) is 3.16. The van der Waals surface area contributed by atoms with Crippen molar-refractivity contribution in [3.63, 3.8) is 0 Å². The number of benzene rings is 1. The van der Waals surface area contributed by atoms with Gasteiger partial charge in [0.25, 0.3) is 0 Å². The molecule has 0 aliphatic rings. The second-order valence-corrected chi connectivity index (χ2v) is 6.27. The van der Waals surface area contributed by atoms with E-state index in [1.165, 1.54) is 24.3 Å². The van der Waals surface area contributed by atoms with Crippen LogP contribution in [0, 0.1) is 5.82 Å². The fraction of sp³-hybridized carbons (Fsp3) is 0.538. The fourth-order valence-corrected chi connectivity index (χ4v) is 3.44. The molecule has 1 atom stereocenters. The van der Waals surface area contributed by atoms with Gasteiger partial charge >= 0.3 is 0 Å². The smallest absolute Gasteiger partial charge is 0.182 e. The lowest BCUT2D eigenvalue weighted by molar-refractivity contribution is 0.515. The molecule has 0 saturated carbocycles. The summed E-state index contributed by atoms with van der Waals surface area (Å²) in [5.74, 6) is -0.743. The van der Waals surface area contributed by atoms with E-state index in [1.807, 2.05) is 13.8 Å². The van der Waals surface area contributed by atoms with Gasteiger partial charge in [-0.05, 0) is 31.5 Å². The summed E-state index contributed by atoms with van der Waals surface area (Å²) >= 11 is 0. The van der Waals surface area contributed by atoms with E-state index >= 15 is 0 Å². The van der Waals surface area contributed by atoms with Crippen LogP contribution in [0.1, 0.15) is 26.7 Å². The summed E-state index contributed by atoms with van der Waals surface area (Å²) in [4.78, 5) is -0.207. The molecular weight excluding hydrogens is 253 g/mol. The molecular formula is C13H20FNO2S. The van der Waals surface area contributed by atoms with Crippen LogP contribution in [0.3, 0.4) is 0 Å². The highest BCUT2D eigenvalue weighted by Gasteiger charge is 2.22. The van der Waals surface area contributed by atoms with E-state index in [9.17, 15) is 12.8 Å². The van der Waals surface area contributed by atoms with E-state index in [1.54, 1.807) is 0 Å². The Morgan fingerprint density at radius 2 is 1.94 bits per heavy atom. The monoisotopic (exact) mass is 273 g/mol. The Balaban J connectivity index is 2.84. The molecule has 3 nitrogen and oxygen atoms in total. The van der Waals surface area contributed by atoms with Gasteiger partial charge in [-0.15, -0.1) is 0 Å². The summed E-state index contributed by atoms with van der Waals surface area (Å²) in [5.41, 5.74) is 0. The van der Waals surface area contributed by atoms with Crippen LogP contribution in [0.2, 0.25) is 0 Å². The summed E-state index contributed by atoms with van der Waals surface area (Å²) in [6, 6.07) is 5.39. The molecule has 1 aromatic rings. The van der Waals surface area contributed by atoms with Crippen molar-refractivity contribution in [2.45, 2.75) is 37.6 Å². The Labute approximate surface area is 108 Å². The second kappa shape index (κ2) is 6.85. The molecule has 0 heterocycles. The molecule has 18 heavy (non-hydrogen) atoms. The molecule has 0 spiro atoms. The second-order valence-electron chi connectivity index (χ2n) is 4.27. The summed E-state index contributed by atoms with van der Waals surface area (Å²) < 4.78 is 37.7. The molecule has 0 aromatic heterocycles. The maximum atomic E-state index is 13.5. The van der Waals surface area contributed by atoms with Gasteiger partial charge in [-0.1, -0.05) is 26.0 Å². The Morgan fingerprint density at radius 1 is 1.28 bits per heavy atom. The van der Waals surface area contributed by atoms with Gasteiger partial charge in [-0.3, -0.25) is 0 Å². The van der Waals surface area contributed by atoms with Gasteiger partial charge in [-0.2, -0.15) is 0 Å². The minimum Gasteiger partial charge on any atom is -0.313 e. The van der Waals surface area contributed by atoms with Crippen molar-refractivity contribution >= 4 is 9.84 Å². The maximum absolute atomic E-state index is 13.5. The highest BCUT2D eigenvalue weighted by Crippen LogP contribution is 2.16. The molecule has 102 valence electrons. The minimum absolute atomic E-state index is 0.0650. The molecule has 0 saturated heterocycles. The molecule has 0 radical (unpaired) electrons. The zero-order valence-electron chi connectivity index (χ0n) is 10.8. The van der Waals surface area contributed by atoms with Gasteiger partial charge in [0.05, 0.1) is 5.75 Å². The van der Waals surface area contributed by atoms with Crippen molar-refractivity contribution in [1.29, 1.82) is 0 Å². The topological polar surface area (TPSA) is 46.2 Å². The first-order chi connectivity index (χ1) is 8.51. The van der Waals surface area contributed by atoms with Crippen molar-refractivity contribution in [2.24, 2.45) is 0 Å². The molecule has 0 bridgehead atoms. The first kappa shape index (κ1) is 15.1. The van der Waals surface area contributed by atoms with E-state index in [0.717, 1.165) is 13.0 Å². The van der Waals surface area contributed by atoms with E-state index in [4.69, 9.17) is 0 Å². The van der Waals surface area contributed by atoms with Gasteiger partial charge in [0.2, 0.25) is 0 Å². The molecule has 5 heteroatoms. The van der Waals surface area contributed by atoms with Crippen LogP contribution in [0.25, 0.3) is 0 Å². The number of hydrogen-bond donors (Lipinski definition) is 1. The summed E-state index contributed by atoms with van der Waals surface area (Å²) in [6.07, 6.45) is 1.64. The predicted molar refractivity (Wildman–Crippen MR) is 70.8 cm³/mol. The standard InChI is InChI=1S/C13H20FNO2S/c1-3-9-15-11(4-2)10-18(16,17)13-8-6-5-7-12(13)14/h5-8,11,15H,3-4,9-10H2,1-2H3. The predicted octanol–water partition coefficient (Wildman–Crippen LogP) is 2.38. The largest absolute Gasteiger partial charge is 0.313 e. The maximum Gasteiger partial charge on any atom is 0.182 e. The first-order valence-corrected chi connectivity index (χ1v) is 7.87. The third kappa shape index (κ3) is 4.07. The van der Waals surface area contributed by atoms with Crippen LogP contribution in [0.4, 0.5) is 4.39 Å². The molecule has 1 rings (SSSR count). The highest BCUT2D eigenvalue weighted by molar-refractivity contribution is 7.91. The Bertz CT molecular complexity index is 474. The molecule has 1 aromatic carbocycles. The van der Waals surface area contributed by atoms with Crippen LogP contribution in [-0.4, -0.2) is 26.8 Å². The third-order valence-corrected chi connectivity index (χ3v) is 4.61. The lowest BCUT2D eigenvalue weighted by Crippen LogP contribution is -2.35. The highest BCUT2D eigenvalue weighted by atomic mass is 32.2. The van der Waals surface area contributed by atoms with Crippen molar-refractivity contribution in [3.8, 4) is 0 Å². The van der Waals surface area contributed by atoms with Crippen LogP contribution < -0.4 is 5.32 Å². The first-order valence-electron chi connectivity index (χ1n) is 6.22. The Hall–Kier alpha value is -0.940. The van der Waals surface area contributed by atoms with E-state index < -0.39 is 15.7 Å². The van der Waals surface area contributed by atoms with Crippen LogP contribution in [0.15, 0.2) is 29.2 Å². The zero-order valence-corrected chi connectivity index (χ0v) is 11.6. The van der Waals surface area contributed by atoms with Crippen LogP contribution >= 0.6 is 0 Å². The van der Waals surface area contributed by atoms with Gasteiger partial charge in [0.1, 0.15) is 10.7 Å². The van der Waals surface area contributed by atoms with Crippen LogP contribution in [-0.2, 0) is 9.84 Å². The quantitative estimate of drug-likeness (QED) is 0.829. The average molecular weight is 273 g/mol. The molecule has 1 unspecified atom stereocenters. The molecule has 0 aliphatic heterocycles. The zero-order chi connectivity index (χ0) is 13.6. The number of halogens is 1. The number of nitrogens with one attached hydrogen (secondary N) is 1. The van der Waals surface area contributed by atoms with E-state index in [2.05, 4.69) is 5.32 Å². The van der Waals surface area contributed by atoms with E-state index in [0.29, 0.717) is 6.42 Å². The SMILES string of the molecule is CCCNC(CC)CS(=O)(=O)c1ccccc1F. The average Bonchev–Trinajstić information content (AvgIpc) is 2.34. The van der Waals surface area contributed by atoms with Crippen molar-refractivity contribution < 1.29 is 12.8 Å². The minimum atomic E-state index is -3.57. The molecule has 0 amide bonds. The van der Waals surface area contributed by atoms with E-state index in [-0.39, 0.29) is 16.7 Å². The van der Waals surface area contributed by atoms with Gasteiger partial charge in [0, 0.05) is 6.04 Å². The lowest BCUT2D eigenvalue weighted by atomic mass is 10.2. The Kier molecular flexibility index (Phi) is 5.75. The Morgan fingerprint density at radius 3 is 2.50 bits per heavy atom. The van der Waals surface area contributed by atoms with Gasteiger partial charge in [-0.25, -0.2) is 12.8 Å². The number of hydrogen-bond acceptors (Lipinski definition) is 3. The third-order valence-electron chi connectivity index (χ3n) is 2.77. The van der Waals surface area contributed by atoms with Gasteiger partial charge in [0.15, 0.2) is 9.84 Å². The molecule has 1 N–H and O–H groups in total. The summed E-state index contributed by atoms with van der Waals surface area (Å²) in [7, 11) is -3.57. The lowest BCUT2D eigenvalue weighted by Gasteiger charge is -2.16.